The second-order valence-corrected chi connectivity index (χ2v) is 5.07. The molecule has 0 N–H and O–H groups in total. The van der Waals surface area contributed by atoms with Crippen molar-refractivity contribution in [3.63, 3.8) is 0 Å². The average molecular weight is 262 g/mol. The van der Waals surface area contributed by atoms with Gasteiger partial charge in [-0.25, -0.2) is 0 Å². The zero-order chi connectivity index (χ0) is 13.3. The van der Waals surface area contributed by atoms with Gasteiger partial charge >= 0.3 is 0 Å². The van der Waals surface area contributed by atoms with E-state index in [-0.39, 0.29) is 5.91 Å². The largest absolute Gasteiger partial charge is 0.334 e. The molecule has 0 aromatic heterocycles. The molecule has 0 bridgehead atoms. The summed E-state index contributed by atoms with van der Waals surface area (Å²) in [6.07, 6.45) is 0.786. The fraction of sp³-hybridized carbons (Fsp3) is 0.267. The quantitative estimate of drug-likeness (QED) is 0.756. The molecule has 1 fully saturated rings. The Bertz CT molecular complexity index is 533. The number of carbonyl (C=O) groups excluding carboxylic acids is 1. The van der Waals surface area contributed by atoms with Crippen LogP contribution in [0.5, 0.6) is 0 Å². The molecule has 1 amide bonds. The Kier molecular flexibility index (Phi) is 3.58. The highest BCUT2D eigenvalue weighted by molar-refractivity contribution is 6.33. The lowest BCUT2D eigenvalue weighted by molar-refractivity contribution is 0.0763. The Morgan fingerprint density at radius 2 is 2.06 bits per heavy atom. The molecule has 1 aliphatic rings. The van der Waals surface area contributed by atoms with Crippen LogP contribution in [0.1, 0.15) is 22.3 Å². The molecule has 1 saturated heterocycles. The lowest BCUT2D eigenvalue weighted by atomic mass is 10.00. The van der Waals surface area contributed by atoms with Crippen molar-refractivity contribution >= 4 is 17.5 Å². The van der Waals surface area contributed by atoms with Crippen molar-refractivity contribution in [2.75, 3.05) is 13.1 Å². The number of halogens is 1. The van der Waals surface area contributed by atoms with Crippen molar-refractivity contribution in [1.29, 1.82) is 0 Å². The summed E-state index contributed by atoms with van der Waals surface area (Å²) in [6.45, 7) is 11.0. The second-order valence-electron chi connectivity index (χ2n) is 4.67. The molecule has 18 heavy (non-hydrogen) atoms. The molecule has 0 radical (unpaired) electrons. The Hall–Kier alpha value is -1.54. The van der Waals surface area contributed by atoms with Crippen LogP contribution in [0.15, 0.2) is 42.5 Å². The smallest absolute Gasteiger partial charge is 0.255 e. The van der Waals surface area contributed by atoms with Gasteiger partial charge in [-0.3, -0.25) is 4.79 Å². The third-order valence-corrected chi connectivity index (χ3v) is 3.52. The van der Waals surface area contributed by atoms with Gasteiger partial charge in [0.25, 0.3) is 5.91 Å². The van der Waals surface area contributed by atoms with Crippen molar-refractivity contribution in [2.24, 2.45) is 0 Å². The Balaban J connectivity index is 2.21. The number of hydrogen-bond acceptors (Lipinski definition) is 1. The van der Waals surface area contributed by atoms with Gasteiger partial charge in [-0.15, -0.1) is 0 Å². The van der Waals surface area contributed by atoms with Gasteiger partial charge in [0.1, 0.15) is 0 Å². The first-order valence-electron chi connectivity index (χ1n) is 5.90. The van der Waals surface area contributed by atoms with E-state index in [1.165, 1.54) is 0 Å². The molecule has 1 aromatic rings. The second kappa shape index (κ2) is 4.99. The molecule has 2 nitrogen and oxygen atoms in total. The van der Waals surface area contributed by atoms with Gasteiger partial charge in [0.2, 0.25) is 0 Å². The summed E-state index contributed by atoms with van der Waals surface area (Å²) in [5.74, 6) is -0.0337. The Labute approximate surface area is 113 Å². The van der Waals surface area contributed by atoms with E-state index in [1.807, 2.05) is 19.1 Å². The summed E-state index contributed by atoms with van der Waals surface area (Å²) >= 11 is 6.12. The van der Waals surface area contributed by atoms with E-state index >= 15 is 0 Å². The molecular weight excluding hydrogens is 246 g/mol. The van der Waals surface area contributed by atoms with Crippen LogP contribution >= 0.6 is 11.6 Å². The molecule has 2 rings (SSSR count). The maximum Gasteiger partial charge on any atom is 0.255 e. The standard InChI is InChI=1S/C15H16ClNO/c1-10-4-5-13(14(16)8-10)15(18)17-7-6-11(2)12(3)9-17/h4-5,8H,2-3,6-7,9H2,1H3. The van der Waals surface area contributed by atoms with Gasteiger partial charge in [0.05, 0.1) is 10.6 Å². The summed E-state index contributed by atoms with van der Waals surface area (Å²) in [7, 11) is 0. The monoisotopic (exact) mass is 261 g/mol. The lowest BCUT2D eigenvalue weighted by Crippen LogP contribution is -2.37. The zero-order valence-corrected chi connectivity index (χ0v) is 11.3. The first-order chi connectivity index (χ1) is 8.49. The number of hydrogen-bond donors (Lipinski definition) is 0. The van der Waals surface area contributed by atoms with Gasteiger partial charge in [0, 0.05) is 13.1 Å². The number of carbonyl (C=O) groups is 1. The van der Waals surface area contributed by atoms with Crippen molar-refractivity contribution in [3.05, 3.63) is 58.7 Å². The summed E-state index contributed by atoms with van der Waals surface area (Å²) in [4.78, 5) is 14.1. The van der Waals surface area contributed by atoms with Gasteiger partial charge in [-0.2, -0.15) is 0 Å². The third-order valence-electron chi connectivity index (χ3n) is 3.21. The number of nitrogens with zero attached hydrogens (tertiary/aromatic N) is 1. The fourth-order valence-electron chi connectivity index (χ4n) is 2.01. The van der Waals surface area contributed by atoms with Crippen molar-refractivity contribution in [3.8, 4) is 0 Å². The number of benzene rings is 1. The predicted molar refractivity (Wildman–Crippen MR) is 75.0 cm³/mol. The number of piperidine rings is 1. The summed E-state index contributed by atoms with van der Waals surface area (Å²) in [6, 6.07) is 5.50. The van der Waals surface area contributed by atoms with Gasteiger partial charge < -0.3 is 4.90 Å². The molecule has 1 heterocycles. The van der Waals surface area contributed by atoms with Crippen LogP contribution in [-0.2, 0) is 0 Å². The van der Waals surface area contributed by atoms with E-state index in [1.54, 1.807) is 11.0 Å². The van der Waals surface area contributed by atoms with Gasteiger partial charge in [-0.05, 0) is 42.2 Å². The van der Waals surface area contributed by atoms with Crippen molar-refractivity contribution in [2.45, 2.75) is 13.3 Å². The van der Waals surface area contributed by atoms with Crippen LogP contribution in [0.2, 0.25) is 5.02 Å². The molecule has 1 aliphatic heterocycles. The highest BCUT2D eigenvalue weighted by atomic mass is 35.5. The number of amides is 1. The lowest BCUT2D eigenvalue weighted by Gasteiger charge is -2.30. The van der Waals surface area contributed by atoms with E-state index in [9.17, 15) is 4.79 Å². The van der Waals surface area contributed by atoms with Crippen LogP contribution in [0.3, 0.4) is 0 Å². The van der Waals surface area contributed by atoms with Crippen LogP contribution in [0.4, 0.5) is 0 Å². The number of likely N-dealkylation sites (tertiary alicyclic amines) is 1. The third kappa shape index (κ3) is 2.49. The highest BCUT2D eigenvalue weighted by Crippen LogP contribution is 2.24. The van der Waals surface area contributed by atoms with Crippen LogP contribution in [0.25, 0.3) is 0 Å². The molecule has 94 valence electrons. The van der Waals surface area contributed by atoms with Crippen LogP contribution < -0.4 is 0 Å². The minimum absolute atomic E-state index is 0.0337. The maximum absolute atomic E-state index is 12.4. The van der Waals surface area contributed by atoms with E-state index in [2.05, 4.69) is 13.2 Å². The first-order valence-corrected chi connectivity index (χ1v) is 6.28. The van der Waals surface area contributed by atoms with Crippen molar-refractivity contribution in [1.82, 2.24) is 4.90 Å². The first kappa shape index (κ1) is 12.9. The average Bonchev–Trinajstić information content (AvgIpc) is 2.32. The predicted octanol–water partition coefficient (Wildman–Crippen LogP) is 3.61. The minimum Gasteiger partial charge on any atom is -0.334 e. The normalized spacial score (nSPS) is 16.0. The molecule has 3 heteroatoms. The minimum atomic E-state index is -0.0337. The fourth-order valence-corrected chi connectivity index (χ4v) is 2.32. The zero-order valence-electron chi connectivity index (χ0n) is 10.5. The molecule has 0 saturated carbocycles. The van der Waals surface area contributed by atoms with Crippen LogP contribution in [-0.4, -0.2) is 23.9 Å². The number of rotatable bonds is 1. The molecule has 0 aliphatic carbocycles. The molecular formula is C15H16ClNO. The van der Waals surface area contributed by atoms with E-state index in [4.69, 9.17) is 11.6 Å². The van der Waals surface area contributed by atoms with Gasteiger partial charge in [-0.1, -0.05) is 30.8 Å². The van der Waals surface area contributed by atoms with E-state index in [0.29, 0.717) is 23.7 Å². The van der Waals surface area contributed by atoms with E-state index < -0.39 is 0 Å². The van der Waals surface area contributed by atoms with Crippen molar-refractivity contribution < 1.29 is 4.79 Å². The summed E-state index contributed by atoms with van der Waals surface area (Å²) in [5, 5.41) is 0.509. The SMILES string of the molecule is C=C1CCN(C(=O)c2ccc(C)cc2Cl)CC1=C. The Morgan fingerprint density at radius 3 is 2.67 bits per heavy atom. The molecule has 0 atom stereocenters. The highest BCUT2D eigenvalue weighted by Gasteiger charge is 2.23. The molecule has 0 spiro atoms. The Morgan fingerprint density at radius 1 is 1.33 bits per heavy atom. The summed E-state index contributed by atoms with van der Waals surface area (Å²) < 4.78 is 0. The molecule has 1 aromatic carbocycles. The summed E-state index contributed by atoms with van der Waals surface area (Å²) in [5.41, 5.74) is 3.57. The maximum atomic E-state index is 12.4. The topological polar surface area (TPSA) is 20.3 Å². The van der Waals surface area contributed by atoms with Crippen LogP contribution in [0, 0.1) is 6.92 Å². The number of aryl methyl sites for hydroxylation is 1. The molecule has 0 unspecified atom stereocenters. The van der Waals surface area contributed by atoms with E-state index in [0.717, 1.165) is 23.1 Å². The van der Waals surface area contributed by atoms with Gasteiger partial charge in [0.15, 0.2) is 0 Å².